The van der Waals surface area contributed by atoms with Crippen LogP contribution in [0.5, 0.6) is 5.75 Å². The number of hydrogen-bond donors (Lipinski definition) is 0. The molecule has 144 valence electrons. The SMILES string of the molecule is CCOc1cccc(-c2noc(C3CCC(=O)N3Cc3cccc(C)c3)n2)c1. The van der Waals surface area contributed by atoms with E-state index < -0.39 is 0 Å². The molecule has 1 saturated heterocycles. The summed E-state index contributed by atoms with van der Waals surface area (Å²) in [6.07, 6.45) is 1.18. The molecule has 1 atom stereocenters. The van der Waals surface area contributed by atoms with E-state index >= 15 is 0 Å². The van der Waals surface area contributed by atoms with Crippen LogP contribution in [0.4, 0.5) is 0 Å². The molecule has 3 aromatic rings. The van der Waals surface area contributed by atoms with Crippen LogP contribution < -0.4 is 4.74 Å². The minimum Gasteiger partial charge on any atom is -0.494 e. The second-order valence-electron chi connectivity index (χ2n) is 6.98. The first-order valence-electron chi connectivity index (χ1n) is 9.56. The molecule has 0 radical (unpaired) electrons. The summed E-state index contributed by atoms with van der Waals surface area (Å²) >= 11 is 0. The number of nitrogens with zero attached hydrogens (tertiary/aromatic N) is 3. The molecule has 6 heteroatoms. The van der Waals surface area contributed by atoms with Crippen LogP contribution in [0.15, 0.2) is 53.1 Å². The third-order valence-corrected chi connectivity index (χ3v) is 4.89. The van der Waals surface area contributed by atoms with Gasteiger partial charge >= 0.3 is 0 Å². The topological polar surface area (TPSA) is 68.5 Å². The third-order valence-electron chi connectivity index (χ3n) is 4.89. The summed E-state index contributed by atoms with van der Waals surface area (Å²) < 4.78 is 11.1. The number of rotatable bonds is 6. The molecule has 0 bridgehead atoms. The van der Waals surface area contributed by atoms with Crippen molar-refractivity contribution in [2.45, 2.75) is 39.3 Å². The van der Waals surface area contributed by atoms with Gasteiger partial charge in [-0.2, -0.15) is 4.98 Å². The molecule has 0 saturated carbocycles. The van der Waals surface area contributed by atoms with Crippen LogP contribution in [-0.2, 0) is 11.3 Å². The molecule has 0 N–H and O–H groups in total. The van der Waals surface area contributed by atoms with Crippen LogP contribution in [0.2, 0.25) is 0 Å². The van der Waals surface area contributed by atoms with E-state index in [0.29, 0.717) is 37.7 Å². The van der Waals surface area contributed by atoms with Gasteiger partial charge in [-0.05, 0) is 38.0 Å². The number of carbonyl (C=O) groups excluding carboxylic acids is 1. The number of likely N-dealkylation sites (tertiary alicyclic amines) is 1. The maximum Gasteiger partial charge on any atom is 0.249 e. The number of aromatic nitrogens is 2. The van der Waals surface area contributed by atoms with Crippen molar-refractivity contribution in [1.82, 2.24) is 15.0 Å². The number of benzene rings is 2. The molecule has 6 nitrogen and oxygen atoms in total. The standard InChI is InChI=1S/C22H23N3O3/c1-3-27-18-9-5-8-17(13-18)21-23-22(28-24-21)19-10-11-20(26)25(19)14-16-7-4-6-15(2)12-16/h4-9,12-13,19H,3,10-11,14H2,1-2H3. The van der Waals surface area contributed by atoms with Crippen LogP contribution >= 0.6 is 0 Å². The Morgan fingerprint density at radius 1 is 1.21 bits per heavy atom. The Balaban J connectivity index is 1.56. The lowest BCUT2D eigenvalue weighted by Gasteiger charge is -2.22. The van der Waals surface area contributed by atoms with E-state index in [0.717, 1.165) is 16.9 Å². The average Bonchev–Trinajstić information content (AvgIpc) is 3.30. The van der Waals surface area contributed by atoms with Crippen LogP contribution in [-0.4, -0.2) is 27.6 Å². The maximum atomic E-state index is 12.5. The van der Waals surface area contributed by atoms with Crippen LogP contribution in [0.3, 0.4) is 0 Å². The molecule has 1 aliphatic heterocycles. The number of amides is 1. The predicted molar refractivity (Wildman–Crippen MR) is 105 cm³/mol. The lowest BCUT2D eigenvalue weighted by atomic mass is 10.1. The molecule has 1 aromatic heterocycles. The van der Waals surface area contributed by atoms with Gasteiger partial charge in [0.2, 0.25) is 17.6 Å². The monoisotopic (exact) mass is 377 g/mol. The van der Waals surface area contributed by atoms with Gasteiger partial charge in [0.1, 0.15) is 11.8 Å². The van der Waals surface area contributed by atoms with Gasteiger partial charge in [-0.3, -0.25) is 4.79 Å². The van der Waals surface area contributed by atoms with Crippen LogP contribution in [0, 0.1) is 6.92 Å². The highest BCUT2D eigenvalue weighted by Gasteiger charge is 2.36. The van der Waals surface area contributed by atoms with Crippen molar-refractivity contribution in [3.8, 4) is 17.1 Å². The Labute approximate surface area is 164 Å². The van der Waals surface area contributed by atoms with Gasteiger partial charge in [0, 0.05) is 18.5 Å². The Morgan fingerprint density at radius 3 is 2.89 bits per heavy atom. The lowest BCUT2D eigenvalue weighted by Crippen LogP contribution is -2.27. The number of carbonyl (C=O) groups is 1. The summed E-state index contributed by atoms with van der Waals surface area (Å²) in [7, 11) is 0. The van der Waals surface area contributed by atoms with Crippen LogP contribution in [0.25, 0.3) is 11.4 Å². The largest absolute Gasteiger partial charge is 0.494 e. The minimum absolute atomic E-state index is 0.115. The first-order valence-corrected chi connectivity index (χ1v) is 9.56. The van der Waals surface area contributed by atoms with Crippen LogP contribution in [0.1, 0.15) is 42.8 Å². The second-order valence-corrected chi connectivity index (χ2v) is 6.98. The highest BCUT2D eigenvalue weighted by molar-refractivity contribution is 5.78. The highest BCUT2D eigenvalue weighted by atomic mass is 16.5. The van der Waals surface area contributed by atoms with Crippen molar-refractivity contribution >= 4 is 5.91 Å². The van der Waals surface area contributed by atoms with E-state index in [-0.39, 0.29) is 11.9 Å². The smallest absolute Gasteiger partial charge is 0.249 e. The average molecular weight is 377 g/mol. The van der Waals surface area contributed by atoms with E-state index in [9.17, 15) is 4.79 Å². The predicted octanol–water partition coefficient (Wildman–Crippen LogP) is 4.31. The van der Waals surface area contributed by atoms with Gasteiger partial charge in [-0.15, -0.1) is 0 Å². The van der Waals surface area contributed by atoms with Crippen molar-refractivity contribution in [3.05, 3.63) is 65.5 Å². The third kappa shape index (κ3) is 3.76. The molecule has 2 aromatic carbocycles. The molecule has 1 aliphatic rings. The maximum absolute atomic E-state index is 12.5. The summed E-state index contributed by atoms with van der Waals surface area (Å²) in [5, 5.41) is 4.13. The van der Waals surface area contributed by atoms with Gasteiger partial charge in [0.05, 0.1) is 6.61 Å². The first-order chi connectivity index (χ1) is 13.6. The van der Waals surface area contributed by atoms with Crippen molar-refractivity contribution in [2.75, 3.05) is 6.61 Å². The Bertz CT molecular complexity index is 982. The zero-order valence-corrected chi connectivity index (χ0v) is 16.1. The van der Waals surface area contributed by atoms with E-state index in [1.165, 1.54) is 5.56 Å². The molecule has 0 aliphatic carbocycles. The van der Waals surface area contributed by atoms with Gasteiger partial charge < -0.3 is 14.2 Å². The summed E-state index contributed by atoms with van der Waals surface area (Å²) in [5.41, 5.74) is 3.11. The summed E-state index contributed by atoms with van der Waals surface area (Å²) in [5.74, 6) is 1.87. The van der Waals surface area contributed by atoms with Crippen molar-refractivity contribution in [3.63, 3.8) is 0 Å². The first kappa shape index (κ1) is 18.2. The van der Waals surface area contributed by atoms with E-state index in [4.69, 9.17) is 9.26 Å². The summed E-state index contributed by atoms with van der Waals surface area (Å²) in [6.45, 7) is 5.13. The molecule has 1 amide bonds. The Morgan fingerprint density at radius 2 is 2.07 bits per heavy atom. The number of ether oxygens (including phenoxy) is 1. The lowest BCUT2D eigenvalue weighted by molar-refractivity contribution is -0.129. The van der Waals surface area contributed by atoms with Crippen molar-refractivity contribution in [1.29, 1.82) is 0 Å². The van der Waals surface area contributed by atoms with Gasteiger partial charge in [-0.1, -0.05) is 47.1 Å². The number of hydrogen-bond acceptors (Lipinski definition) is 5. The molecular formula is C22H23N3O3. The fraction of sp³-hybridized carbons (Fsp3) is 0.318. The molecule has 0 spiro atoms. The van der Waals surface area contributed by atoms with Gasteiger partial charge in [-0.25, -0.2) is 0 Å². The zero-order valence-electron chi connectivity index (χ0n) is 16.1. The van der Waals surface area contributed by atoms with Gasteiger partial charge in [0.15, 0.2) is 0 Å². The summed E-state index contributed by atoms with van der Waals surface area (Å²) in [6, 6.07) is 15.6. The van der Waals surface area contributed by atoms with Crippen molar-refractivity contribution < 1.29 is 14.1 Å². The Hall–Kier alpha value is -3.15. The molecule has 1 unspecified atom stereocenters. The minimum atomic E-state index is -0.190. The van der Waals surface area contributed by atoms with Crippen molar-refractivity contribution in [2.24, 2.45) is 0 Å². The number of aryl methyl sites for hydroxylation is 1. The fourth-order valence-corrected chi connectivity index (χ4v) is 3.58. The molecule has 1 fully saturated rings. The molecule has 28 heavy (non-hydrogen) atoms. The molecule has 2 heterocycles. The summed E-state index contributed by atoms with van der Waals surface area (Å²) in [4.78, 5) is 18.9. The highest BCUT2D eigenvalue weighted by Crippen LogP contribution is 2.34. The molecular weight excluding hydrogens is 354 g/mol. The second kappa shape index (κ2) is 7.84. The van der Waals surface area contributed by atoms with E-state index in [1.807, 2.05) is 61.2 Å². The van der Waals surface area contributed by atoms with E-state index in [2.05, 4.69) is 16.2 Å². The normalized spacial score (nSPS) is 16.6. The van der Waals surface area contributed by atoms with Gasteiger partial charge in [0.25, 0.3) is 0 Å². The quantitative estimate of drug-likeness (QED) is 0.640. The molecule has 4 rings (SSSR count). The Kier molecular flexibility index (Phi) is 5.10. The van der Waals surface area contributed by atoms with E-state index in [1.54, 1.807) is 0 Å². The zero-order chi connectivity index (χ0) is 19.5. The fourth-order valence-electron chi connectivity index (χ4n) is 3.58.